The van der Waals surface area contributed by atoms with Crippen LogP contribution in [0.1, 0.15) is 314 Å². The topological polar surface area (TPSA) is 439 Å². The number of thiazole rings is 4. The summed E-state index contributed by atoms with van der Waals surface area (Å²) in [5.41, 5.74) is 2.21. The van der Waals surface area contributed by atoms with Crippen LogP contribution in [0.4, 0.5) is 40.8 Å². The van der Waals surface area contributed by atoms with Gasteiger partial charge in [-0.3, -0.25) is 38.4 Å². The van der Waals surface area contributed by atoms with E-state index in [2.05, 4.69) is 124 Å². The fourth-order valence-electron chi connectivity index (χ4n) is 16.5. The maximum Gasteiger partial charge on any atom is 0.280 e. The van der Waals surface area contributed by atoms with E-state index in [-0.39, 0.29) is 116 Å². The number of anilines is 4. The first-order chi connectivity index (χ1) is 64.8. The molecule has 6 aliphatic rings. The number of aromatic nitrogens is 8. The molecule has 6 atom stereocenters. The third kappa shape index (κ3) is 27.3. The lowest BCUT2D eigenvalue weighted by atomic mass is 9.77. The normalized spacial score (nSPS) is 19.2. The van der Waals surface area contributed by atoms with E-state index in [1.807, 2.05) is 117 Å². The highest BCUT2D eigenvalue weighted by atomic mass is 32.1. The number of alkyl halides is 4. The maximum atomic E-state index is 14.1. The number of carbonyl (C=O) groups is 8. The summed E-state index contributed by atoms with van der Waals surface area (Å²) in [5.74, 6) is -6.69. The highest BCUT2D eigenvalue weighted by Gasteiger charge is 2.50. The fraction of sp³-hybridized carbons (Fsp3) is 0.596. The summed E-state index contributed by atoms with van der Waals surface area (Å²) in [5, 5.41) is 64.8. The standard InChI is InChI=1S/2C25H35F2N5O3S.C25H35N5O3S.C24H33N5O4S/c2*1-13-9-17(31-23(4,5)6)28-11-16(13)19-18(22(34)32-12-25(26,27)10-14(32)2)30-21(36-19)20(33)29-15(3)24(7,8)35;1-15-12-18(28-24(3,4)5)26-13-17(15)20-19(23(33)30-11-6-8-16(30)2)27-22(34-20)21(32)29-25(14-31)9-7-10-25;1-14-9-17(27-23(3,4)5)25-10-16(14)19-18(22(32)29-8-6-7-15(29)2)26-21(34-19)20(31)28-24(11-30)12-33-13-24/h2*9,11,14-15,35H,10,12H2,1-8H3,(H,28,31)(H,29,33);12-13,16,31H,6-11,14H2,1-5H3,(H,26,28)(H,29,32);9-10,15,30H,6-8,11-13H2,1-5H3,(H,25,27)(H,28,31)/t14-,15+;14-,15-;16-;15-/m0000/s1. The molecule has 1 saturated carbocycles. The lowest BCUT2D eigenvalue weighted by Gasteiger charge is -2.40. The first-order valence-electron chi connectivity index (χ1n) is 47.3. The van der Waals surface area contributed by atoms with Crippen molar-refractivity contribution in [2.75, 3.05) is 73.9 Å². The van der Waals surface area contributed by atoms with Crippen molar-refractivity contribution < 1.29 is 81.1 Å². The van der Waals surface area contributed by atoms with E-state index in [9.17, 15) is 76.3 Å². The van der Waals surface area contributed by atoms with E-state index in [1.54, 1.807) is 80.2 Å². The molecule has 140 heavy (non-hydrogen) atoms. The van der Waals surface area contributed by atoms with E-state index in [4.69, 9.17) is 4.74 Å². The monoisotopic (exact) mass is 2020 g/mol. The van der Waals surface area contributed by atoms with Crippen molar-refractivity contribution in [3.8, 4) is 41.8 Å². The lowest BCUT2D eigenvalue weighted by Crippen LogP contribution is -2.64. The quantitative estimate of drug-likeness (QED) is 0.0250. The highest BCUT2D eigenvalue weighted by Crippen LogP contribution is 2.44. The molecule has 33 nitrogen and oxygen atoms in total. The molecule has 12 N–H and O–H groups in total. The Balaban J connectivity index is 0.000000179. The minimum Gasteiger partial charge on any atom is -0.394 e. The molecular weight excluding hydrogens is 1880 g/mol. The number of aryl methyl sites for hydroxylation is 4. The van der Waals surface area contributed by atoms with Gasteiger partial charge in [-0.05, 0) is 271 Å². The Kier molecular flexibility index (Phi) is 33.5. The Bertz CT molecular complexity index is 5530. The number of halogens is 4. The summed E-state index contributed by atoms with van der Waals surface area (Å²) >= 11 is 4.38. The molecular formula is C99H138F4N20O13S4. The second-order valence-corrected chi connectivity index (χ2v) is 47.3. The molecule has 13 heterocycles. The molecule has 6 fully saturated rings. The zero-order chi connectivity index (χ0) is 104. The smallest absolute Gasteiger partial charge is 0.280 e. The van der Waals surface area contributed by atoms with Crippen molar-refractivity contribution in [3.05, 3.63) is 114 Å². The number of likely N-dealkylation sites (tertiary alicyclic amines) is 4. The van der Waals surface area contributed by atoms with Crippen LogP contribution in [-0.2, 0) is 4.74 Å². The second-order valence-electron chi connectivity index (χ2n) is 43.3. The number of aliphatic hydroxyl groups is 4. The van der Waals surface area contributed by atoms with E-state index >= 15 is 0 Å². The van der Waals surface area contributed by atoms with Crippen LogP contribution in [0.2, 0.25) is 0 Å². The Hall–Kier alpha value is -10.4. The van der Waals surface area contributed by atoms with Crippen LogP contribution in [0.3, 0.4) is 0 Å². The van der Waals surface area contributed by atoms with Crippen molar-refractivity contribution >= 4 is 116 Å². The Morgan fingerprint density at radius 3 is 0.879 bits per heavy atom. The van der Waals surface area contributed by atoms with Crippen molar-refractivity contribution in [2.45, 2.75) is 330 Å². The highest BCUT2D eigenvalue weighted by molar-refractivity contribution is 7.18. The number of amides is 8. The molecule has 1 aliphatic carbocycles. The number of hydrogen-bond acceptors (Lipinski definition) is 29. The van der Waals surface area contributed by atoms with Crippen molar-refractivity contribution in [3.63, 3.8) is 0 Å². The molecule has 0 spiro atoms. The van der Waals surface area contributed by atoms with E-state index in [1.165, 1.54) is 22.7 Å². The van der Waals surface area contributed by atoms with Crippen LogP contribution in [0.15, 0.2) is 49.1 Å². The average molecular weight is 2020 g/mol. The largest absolute Gasteiger partial charge is 0.394 e. The molecule has 14 rings (SSSR count). The van der Waals surface area contributed by atoms with Gasteiger partial charge in [-0.1, -0.05) is 0 Å². The van der Waals surface area contributed by atoms with Crippen molar-refractivity contribution in [1.29, 1.82) is 0 Å². The molecule has 5 aliphatic heterocycles. The predicted octanol–water partition coefficient (Wildman–Crippen LogP) is 15.8. The maximum absolute atomic E-state index is 14.1. The second kappa shape index (κ2) is 42.6. The van der Waals surface area contributed by atoms with Crippen LogP contribution in [0.25, 0.3) is 41.8 Å². The molecule has 8 aromatic heterocycles. The van der Waals surface area contributed by atoms with Gasteiger partial charge in [0.2, 0.25) is 0 Å². The molecule has 0 aromatic carbocycles. The number of carbonyl (C=O) groups excluding carboxylic acids is 8. The fourth-order valence-corrected chi connectivity index (χ4v) is 20.6. The van der Waals surface area contributed by atoms with Gasteiger partial charge in [0, 0.05) is 119 Å². The predicted molar refractivity (Wildman–Crippen MR) is 539 cm³/mol. The third-order valence-electron chi connectivity index (χ3n) is 25.0. The molecule has 41 heteroatoms. The van der Waals surface area contributed by atoms with Gasteiger partial charge in [0.05, 0.1) is 87.9 Å². The summed E-state index contributed by atoms with van der Waals surface area (Å²) in [6, 6.07) is 5.29. The SMILES string of the molecule is Cc1cc(NC(C)(C)C)ncc1-c1sc(C(=O)NC2(CO)CCC2)nc1C(=O)N1CCC[C@@H]1C.Cc1cc(NC(C)(C)C)ncc1-c1sc(C(=O)NC2(CO)COC2)nc1C(=O)N1CCC[C@@H]1C.Cc1cc(NC(C)(C)C)ncc1-c1sc(C(=O)N[C@@H](C)C(C)(C)O)nc1C(=O)N1CC(F)(F)C[C@@H]1C.Cc1cc(NC(C)(C)C)ncc1-c1sc(C(=O)N[C@H](C)C(C)(C)O)nc1C(=O)N1CC(F)(F)C[C@@H]1C. The number of hydrogen-bond donors (Lipinski definition) is 12. The summed E-state index contributed by atoms with van der Waals surface area (Å²) in [4.78, 5) is 150. The zero-order valence-corrected chi connectivity index (χ0v) is 88.3. The molecule has 0 bridgehead atoms. The minimum absolute atomic E-state index is 0.000599. The van der Waals surface area contributed by atoms with Gasteiger partial charge in [-0.2, -0.15) is 0 Å². The van der Waals surface area contributed by atoms with Crippen LogP contribution >= 0.6 is 45.3 Å². The summed E-state index contributed by atoms with van der Waals surface area (Å²) in [7, 11) is 0. The number of pyridine rings is 4. The van der Waals surface area contributed by atoms with Gasteiger partial charge < -0.3 is 87.3 Å². The number of nitrogens with zero attached hydrogens (tertiary/aromatic N) is 12. The molecule has 0 unspecified atom stereocenters. The van der Waals surface area contributed by atoms with Gasteiger partial charge in [0.1, 0.15) is 51.6 Å². The lowest BCUT2D eigenvalue weighted by molar-refractivity contribution is -0.0919. The molecule has 5 saturated heterocycles. The molecule has 8 amide bonds. The average Bonchev–Trinajstić information content (AvgIpc) is 1.63. The first-order valence-corrected chi connectivity index (χ1v) is 50.6. The first kappa shape index (κ1) is 110. The minimum atomic E-state index is -2.98. The number of ether oxygens (including phenoxy) is 1. The van der Waals surface area contributed by atoms with E-state index < -0.39 is 114 Å². The zero-order valence-electron chi connectivity index (χ0n) is 85.1. The Labute approximate surface area is 832 Å². The van der Waals surface area contributed by atoms with Gasteiger partial charge in [-0.25, -0.2) is 57.4 Å². The molecule has 0 radical (unpaired) electrons. The van der Waals surface area contributed by atoms with Crippen LogP contribution in [-0.4, -0.2) is 272 Å². The number of rotatable bonds is 24. The van der Waals surface area contributed by atoms with Gasteiger partial charge in [0.25, 0.3) is 59.1 Å². The number of nitrogens with one attached hydrogen (secondary N) is 8. The van der Waals surface area contributed by atoms with Gasteiger partial charge in [0.15, 0.2) is 20.0 Å². The molecule has 764 valence electrons. The van der Waals surface area contributed by atoms with Gasteiger partial charge >= 0.3 is 0 Å². The van der Waals surface area contributed by atoms with Crippen LogP contribution < -0.4 is 42.5 Å². The van der Waals surface area contributed by atoms with Crippen LogP contribution in [0.5, 0.6) is 0 Å². The summed E-state index contributed by atoms with van der Waals surface area (Å²) < 4.78 is 61.4. The van der Waals surface area contributed by atoms with E-state index in [0.717, 1.165) is 122 Å². The van der Waals surface area contributed by atoms with Gasteiger partial charge in [-0.15, -0.1) is 45.3 Å². The van der Waals surface area contributed by atoms with Crippen molar-refractivity contribution in [1.82, 2.24) is 80.7 Å². The Morgan fingerprint density at radius 1 is 0.414 bits per heavy atom. The summed E-state index contributed by atoms with van der Waals surface area (Å²) in [6.45, 7) is 49.0. The summed E-state index contributed by atoms with van der Waals surface area (Å²) in [6.07, 6.45) is 12.1. The molecule has 8 aromatic rings. The van der Waals surface area contributed by atoms with E-state index in [0.29, 0.717) is 61.1 Å². The Morgan fingerprint density at radius 2 is 0.679 bits per heavy atom. The van der Waals surface area contributed by atoms with Crippen LogP contribution in [0, 0.1) is 27.7 Å². The number of aliphatic hydroxyl groups excluding tert-OH is 2. The third-order valence-corrected chi connectivity index (χ3v) is 29.3. The van der Waals surface area contributed by atoms with Crippen molar-refractivity contribution in [2.24, 2.45) is 0 Å².